The van der Waals surface area contributed by atoms with Crippen molar-refractivity contribution in [1.82, 2.24) is 0 Å². The predicted octanol–water partition coefficient (Wildman–Crippen LogP) is 3.19. The lowest BCUT2D eigenvalue weighted by Crippen LogP contribution is -2.28. The third-order valence-electron chi connectivity index (χ3n) is 3.22. The number of nitrogens with one attached hydrogen (secondary N) is 1. The molecule has 6 heteroatoms. The lowest BCUT2D eigenvalue weighted by Gasteiger charge is -2.19. The molecule has 0 fully saturated rings. The summed E-state index contributed by atoms with van der Waals surface area (Å²) in [5.74, 6) is -0.531. The highest BCUT2D eigenvalue weighted by molar-refractivity contribution is 6.31. The van der Waals surface area contributed by atoms with Gasteiger partial charge in [0.25, 0.3) is 0 Å². The number of pyridine rings is 1. The van der Waals surface area contributed by atoms with Gasteiger partial charge in [0.15, 0.2) is 18.2 Å². The number of benzene rings is 1. The predicted molar refractivity (Wildman–Crippen MR) is 88.4 cm³/mol. The van der Waals surface area contributed by atoms with E-state index in [1.165, 1.54) is 30.6 Å². The maximum absolute atomic E-state index is 12.6. The molecule has 1 heterocycles. The van der Waals surface area contributed by atoms with Crippen molar-refractivity contribution in [3.05, 3.63) is 64.1 Å². The standard InChI is InChI=1S/C17H17ClN2O3/c1-17(2,3)16(22)19-14-5-4-12(18)10-13(14)15(21)11-6-8-20(23)9-7-11/h4-10H,1-3H3,(H,19,22). The van der Waals surface area contributed by atoms with Crippen molar-refractivity contribution in [1.29, 1.82) is 0 Å². The Morgan fingerprint density at radius 3 is 2.30 bits per heavy atom. The van der Waals surface area contributed by atoms with E-state index in [0.29, 0.717) is 21.0 Å². The molecule has 0 atom stereocenters. The van der Waals surface area contributed by atoms with Crippen LogP contribution in [0.3, 0.4) is 0 Å². The minimum absolute atomic E-state index is 0.209. The van der Waals surface area contributed by atoms with Crippen molar-refractivity contribution in [2.24, 2.45) is 5.41 Å². The third-order valence-corrected chi connectivity index (χ3v) is 3.45. The van der Waals surface area contributed by atoms with Crippen LogP contribution in [0.25, 0.3) is 0 Å². The SMILES string of the molecule is CC(C)(C)C(=O)Nc1ccc(Cl)cc1C(=O)c1cc[n+]([O-])cc1. The van der Waals surface area contributed by atoms with Crippen LogP contribution < -0.4 is 10.0 Å². The molecule has 0 aliphatic heterocycles. The lowest BCUT2D eigenvalue weighted by atomic mass is 9.95. The van der Waals surface area contributed by atoms with E-state index >= 15 is 0 Å². The van der Waals surface area contributed by atoms with Crippen LogP contribution in [-0.4, -0.2) is 11.7 Å². The number of halogens is 1. The summed E-state index contributed by atoms with van der Waals surface area (Å²) in [6.07, 6.45) is 2.48. The molecule has 2 rings (SSSR count). The summed E-state index contributed by atoms with van der Waals surface area (Å²) >= 11 is 5.98. The molecule has 0 radical (unpaired) electrons. The quantitative estimate of drug-likeness (QED) is 0.533. The molecule has 1 N–H and O–H groups in total. The van der Waals surface area contributed by atoms with E-state index in [2.05, 4.69) is 5.32 Å². The van der Waals surface area contributed by atoms with Gasteiger partial charge in [-0.05, 0) is 18.2 Å². The summed E-state index contributed by atoms with van der Waals surface area (Å²) in [4.78, 5) is 24.8. The first-order chi connectivity index (χ1) is 10.7. The summed E-state index contributed by atoms with van der Waals surface area (Å²) in [6.45, 7) is 5.35. The Balaban J connectivity index is 2.41. The van der Waals surface area contributed by atoms with Crippen LogP contribution in [0.2, 0.25) is 5.02 Å². The second-order valence-corrected chi connectivity index (χ2v) is 6.61. The largest absolute Gasteiger partial charge is 0.619 e. The molecule has 1 amide bonds. The number of rotatable bonds is 3. The van der Waals surface area contributed by atoms with Gasteiger partial charge in [0.2, 0.25) is 5.91 Å². The lowest BCUT2D eigenvalue weighted by molar-refractivity contribution is -0.605. The van der Waals surface area contributed by atoms with E-state index in [-0.39, 0.29) is 17.3 Å². The van der Waals surface area contributed by atoms with Gasteiger partial charge in [-0.3, -0.25) is 9.59 Å². The van der Waals surface area contributed by atoms with Crippen molar-refractivity contribution in [3.8, 4) is 0 Å². The van der Waals surface area contributed by atoms with Crippen molar-refractivity contribution in [3.63, 3.8) is 0 Å². The van der Waals surface area contributed by atoms with E-state index < -0.39 is 5.41 Å². The first kappa shape index (κ1) is 17.0. The molecule has 0 saturated carbocycles. The van der Waals surface area contributed by atoms with Crippen molar-refractivity contribution < 1.29 is 14.3 Å². The number of carbonyl (C=O) groups excluding carboxylic acids is 2. The number of nitrogens with zero attached hydrogens (tertiary/aromatic N) is 1. The summed E-state index contributed by atoms with van der Waals surface area (Å²) in [6, 6.07) is 7.54. The van der Waals surface area contributed by atoms with Crippen molar-refractivity contribution >= 4 is 29.0 Å². The molecule has 0 unspecified atom stereocenters. The maximum atomic E-state index is 12.6. The Bertz CT molecular complexity index is 749. The van der Waals surface area contributed by atoms with Crippen molar-refractivity contribution in [2.45, 2.75) is 20.8 Å². The molecule has 1 aromatic heterocycles. The minimum Gasteiger partial charge on any atom is -0.619 e. The van der Waals surface area contributed by atoms with Gasteiger partial charge in [-0.2, -0.15) is 4.73 Å². The van der Waals surface area contributed by atoms with Crippen molar-refractivity contribution in [2.75, 3.05) is 5.32 Å². The Labute approximate surface area is 139 Å². The molecular weight excluding hydrogens is 316 g/mol. The van der Waals surface area contributed by atoms with Crippen LogP contribution in [0.1, 0.15) is 36.7 Å². The molecule has 23 heavy (non-hydrogen) atoms. The number of amides is 1. The number of carbonyl (C=O) groups is 2. The average Bonchev–Trinajstić information content (AvgIpc) is 2.48. The van der Waals surface area contributed by atoms with E-state index in [0.717, 1.165) is 0 Å². The minimum atomic E-state index is -0.596. The highest BCUT2D eigenvalue weighted by Gasteiger charge is 2.23. The Morgan fingerprint density at radius 1 is 1.13 bits per heavy atom. The molecule has 0 spiro atoms. The van der Waals surface area contributed by atoms with E-state index in [4.69, 9.17) is 11.6 Å². The normalized spacial score (nSPS) is 11.1. The molecule has 0 aliphatic carbocycles. The van der Waals surface area contributed by atoms with Gasteiger partial charge in [-0.15, -0.1) is 0 Å². The molecule has 1 aromatic carbocycles. The molecule has 0 aliphatic rings. The van der Waals surface area contributed by atoms with E-state index in [1.54, 1.807) is 32.9 Å². The van der Waals surface area contributed by atoms with Gasteiger partial charge in [-0.1, -0.05) is 32.4 Å². The Kier molecular flexibility index (Phi) is 4.71. The summed E-state index contributed by atoms with van der Waals surface area (Å²) in [5.41, 5.74) is 0.406. The molecule has 0 bridgehead atoms. The Hall–Kier alpha value is -2.40. The van der Waals surface area contributed by atoms with Crippen LogP contribution in [0, 0.1) is 10.6 Å². The summed E-state index contributed by atoms with van der Waals surface area (Å²) in [7, 11) is 0. The van der Waals surface area contributed by atoms with Gasteiger partial charge in [0.1, 0.15) is 0 Å². The van der Waals surface area contributed by atoms with Gasteiger partial charge in [0.05, 0.1) is 5.69 Å². The number of hydrogen-bond donors (Lipinski definition) is 1. The Morgan fingerprint density at radius 2 is 1.74 bits per heavy atom. The molecule has 120 valence electrons. The fourth-order valence-corrected chi connectivity index (χ4v) is 2.01. The monoisotopic (exact) mass is 332 g/mol. The van der Waals surface area contributed by atoms with Crippen LogP contribution in [-0.2, 0) is 4.79 Å². The van der Waals surface area contributed by atoms with Crippen LogP contribution in [0.5, 0.6) is 0 Å². The van der Waals surface area contributed by atoms with Gasteiger partial charge >= 0.3 is 0 Å². The second-order valence-electron chi connectivity index (χ2n) is 6.17. The summed E-state index contributed by atoms with van der Waals surface area (Å²) in [5, 5.41) is 14.2. The third kappa shape index (κ3) is 4.07. The zero-order valence-electron chi connectivity index (χ0n) is 13.1. The van der Waals surface area contributed by atoms with Crippen LogP contribution in [0.15, 0.2) is 42.7 Å². The van der Waals surface area contributed by atoms with E-state index in [9.17, 15) is 14.8 Å². The average molecular weight is 333 g/mol. The second kappa shape index (κ2) is 6.38. The number of anilines is 1. The zero-order chi connectivity index (χ0) is 17.2. The molecule has 0 saturated heterocycles. The fraction of sp³-hybridized carbons (Fsp3) is 0.235. The first-order valence-electron chi connectivity index (χ1n) is 7.03. The smallest absolute Gasteiger partial charge is 0.229 e. The van der Waals surface area contributed by atoms with Gasteiger partial charge < -0.3 is 10.5 Å². The van der Waals surface area contributed by atoms with Gasteiger partial charge in [-0.25, -0.2) is 0 Å². The maximum Gasteiger partial charge on any atom is 0.229 e. The van der Waals surface area contributed by atoms with Gasteiger partial charge in [0, 0.05) is 33.7 Å². The van der Waals surface area contributed by atoms with Crippen LogP contribution in [0.4, 0.5) is 5.69 Å². The molecule has 2 aromatic rings. The number of hydrogen-bond acceptors (Lipinski definition) is 3. The molecular formula is C17H17ClN2O3. The van der Waals surface area contributed by atoms with E-state index in [1.807, 2.05) is 0 Å². The number of aromatic nitrogens is 1. The fourth-order valence-electron chi connectivity index (χ4n) is 1.84. The van der Waals surface area contributed by atoms with Crippen LogP contribution >= 0.6 is 11.6 Å². The number of ketones is 1. The highest BCUT2D eigenvalue weighted by atomic mass is 35.5. The molecule has 5 nitrogen and oxygen atoms in total. The highest BCUT2D eigenvalue weighted by Crippen LogP contribution is 2.25. The zero-order valence-corrected chi connectivity index (χ0v) is 13.8. The first-order valence-corrected chi connectivity index (χ1v) is 7.41. The topological polar surface area (TPSA) is 73.1 Å². The summed E-state index contributed by atoms with van der Waals surface area (Å²) < 4.78 is 0.594.